The van der Waals surface area contributed by atoms with Crippen molar-refractivity contribution in [3.8, 4) is 0 Å². The number of methoxy groups -OCH3 is 1. The van der Waals surface area contributed by atoms with Gasteiger partial charge in [0.05, 0.1) is 0 Å². The van der Waals surface area contributed by atoms with Crippen LogP contribution in [0.5, 0.6) is 0 Å². The Kier molecular flexibility index (Phi) is 3.99. The summed E-state index contributed by atoms with van der Waals surface area (Å²) in [6, 6.07) is 2.37. The largest absolute Gasteiger partial charge is 0.364 e. The molecule has 1 unspecified atom stereocenters. The zero-order valence-corrected chi connectivity index (χ0v) is 8.36. The molecule has 0 saturated carbocycles. The third kappa shape index (κ3) is 3.20. The summed E-state index contributed by atoms with van der Waals surface area (Å²) in [5.41, 5.74) is 7.13. The van der Waals surface area contributed by atoms with E-state index in [4.69, 9.17) is 10.5 Å². The lowest BCUT2D eigenvalue weighted by Gasteiger charge is -2.05. The maximum Gasteiger partial charge on any atom is 0.121 e. The Hall–Kier alpha value is -0.800. The Morgan fingerprint density at radius 2 is 2.38 bits per heavy atom. The quantitative estimate of drug-likeness (QED) is 0.747. The zero-order valence-electron chi connectivity index (χ0n) is 8.36. The predicted molar refractivity (Wildman–Crippen MR) is 53.4 cm³/mol. The molecule has 3 heteroatoms. The number of hydrogen-bond donors (Lipinski definition) is 1. The van der Waals surface area contributed by atoms with Gasteiger partial charge in [-0.2, -0.15) is 0 Å². The summed E-state index contributed by atoms with van der Waals surface area (Å²) >= 11 is 0. The number of rotatable bonds is 5. The summed E-state index contributed by atoms with van der Waals surface area (Å²) in [4.78, 5) is 0. The van der Waals surface area contributed by atoms with Gasteiger partial charge in [-0.15, -0.1) is 0 Å². The average molecular weight is 182 g/mol. The summed E-state index contributed by atoms with van der Waals surface area (Å²) in [6.07, 6.45) is 6.07. The molecule has 0 amide bonds. The molecule has 0 saturated heterocycles. The van der Waals surface area contributed by atoms with Crippen LogP contribution in [0, 0.1) is 0 Å². The van der Waals surface area contributed by atoms with Crippen molar-refractivity contribution in [3.63, 3.8) is 0 Å². The molecule has 1 aromatic heterocycles. The first-order valence-corrected chi connectivity index (χ1v) is 4.65. The van der Waals surface area contributed by atoms with Crippen molar-refractivity contribution in [1.82, 2.24) is 4.57 Å². The van der Waals surface area contributed by atoms with Crippen molar-refractivity contribution in [1.29, 1.82) is 0 Å². The normalized spacial score (nSPS) is 13.2. The third-order valence-electron chi connectivity index (χ3n) is 2.11. The number of ether oxygens (including phenoxy) is 1. The molecule has 0 bridgehead atoms. The van der Waals surface area contributed by atoms with E-state index in [0.717, 1.165) is 12.8 Å². The molecule has 1 heterocycles. The molecule has 0 aliphatic rings. The molecule has 0 aromatic carbocycles. The highest BCUT2D eigenvalue weighted by Gasteiger charge is 2.02. The Morgan fingerprint density at radius 1 is 1.62 bits per heavy atom. The van der Waals surface area contributed by atoms with Gasteiger partial charge in [-0.05, 0) is 24.5 Å². The van der Waals surface area contributed by atoms with E-state index in [-0.39, 0.29) is 6.04 Å². The Morgan fingerprint density at radius 3 is 3.00 bits per heavy atom. The maximum atomic E-state index is 5.85. The maximum absolute atomic E-state index is 5.85. The first-order valence-electron chi connectivity index (χ1n) is 4.65. The van der Waals surface area contributed by atoms with Gasteiger partial charge < -0.3 is 15.0 Å². The van der Waals surface area contributed by atoms with Crippen molar-refractivity contribution in [2.24, 2.45) is 5.73 Å². The molecule has 1 aromatic rings. The van der Waals surface area contributed by atoms with Crippen LogP contribution in [-0.4, -0.2) is 17.7 Å². The van der Waals surface area contributed by atoms with Crippen LogP contribution in [-0.2, 0) is 17.9 Å². The van der Waals surface area contributed by atoms with Crippen molar-refractivity contribution in [3.05, 3.63) is 24.0 Å². The second-order valence-corrected chi connectivity index (χ2v) is 3.32. The van der Waals surface area contributed by atoms with E-state index in [9.17, 15) is 0 Å². The lowest BCUT2D eigenvalue weighted by atomic mass is 10.1. The number of nitrogens with two attached hydrogens (primary N) is 1. The van der Waals surface area contributed by atoms with Gasteiger partial charge in [0.15, 0.2) is 0 Å². The van der Waals surface area contributed by atoms with Crippen LogP contribution in [0.3, 0.4) is 0 Å². The number of hydrogen-bond acceptors (Lipinski definition) is 2. The predicted octanol–water partition coefficient (Wildman–Crippen LogP) is 1.37. The molecule has 0 aliphatic heterocycles. The highest BCUT2D eigenvalue weighted by atomic mass is 16.5. The van der Waals surface area contributed by atoms with Crippen molar-refractivity contribution >= 4 is 0 Å². The second kappa shape index (κ2) is 5.04. The van der Waals surface area contributed by atoms with Crippen LogP contribution in [0.1, 0.15) is 18.9 Å². The summed E-state index contributed by atoms with van der Waals surface area (Å²) in [5, 5.41) is 0. The van der Waals surface area contributed by atoms with Crippen LogP contribution in [0.25, 0.3) is 0 Å². The SMILES string of the molecule is CCC(N)Cc1ccn(COC)c1. The van der Waals surface area contributed by atoms with Crippen LogP contribution >= 0.6 is 0 Å². The molecular formula is C10H18N2O. The fourth-order valence-corrected chi connectivity index (χ4v) is 1.29. The van der Waals surface area contributed by atoms with E-state index >= 15 is 0 Å². The van der Waals surface area contributed by atoms with Crippen molar-refractivity contribution in [2.75, 3.05) is 7.11 Å². The van der Waals surface area contributed by atoms with E-state index in [1.54, 1.807) is 7.11 Å². The minimum atomic E-state index is 0.276. The van der Waals surface area contributed by atoms with E-state index in [0.29, 0.717) is 6.73 Å². The molecular weight excluding hydrogens is 164 g/mol. The first kappa shape index (κ1) is 10.3. The van der Waals surface area contributed by atoms with Crippen molar-refractivity contribution < 1.29 is 4.74 Å². The highest BCUT2D eigenvalue weighted by Crippen LogP contribution is 2.05. The number of aromatic nitrogens is 1. The standard InChI is InChI=1S/C10H18N2O/c1-3-10(11)6-9-4-5-12(7-9)8-13-2/h4-5,7,10H,3,6,8,11H2,1-2H3. The van der Waals surface area contributed by atoms with E-state index in [2.05, 4.69) is 19.2 Å². The molecule has 0 fully saturated rings. The van der Waals surface area contributed by atoms with E-state index in [1.807, 2.05) is 10.8 Å². The van der Waals surface area contributed by atoms with Gasteiger partial charge >= 0.3 is 0 Å². The first-order chi connectivity index (χ1) is 6.26. The summed E-state index contributed by atoms with van der Waals surface area (Å²) < 4.78 is 7.02. The Labute approximate surface area is 79.5 Å². The molecule has 1 atom stereocenters. The topological polar surface area (TPSA) is 40.2 Å². The van der Waals surface area contributed by atoms with E-state index < -0.39 is 0 Å². The van der Waals surface area contributed by atoms with Gasteiger partial charge in [0, 0.05) is 25.5 Å². The second-order valence-electron chi connectivity index (χ2n) is 3.32. The van der Waals surface area contributed by atoms with Gasteiger partial charge in [-0.25, -0.2) is 0 Å². The lowest BCUT2D eigenvalue weighted by Crippen LogP contribution is -2.21. The fourth-order valence-electron chi connectivity index (χ4n) is 1.29. The van der Waals surface area contributed by atoms with Gasteiger partial charge in [-0.1, -0.05) is 6.92 Å². The minimum Gasteiger partial charge on any atom is -0.364 e. The Balaban J connectivity index is 2.48. The van der Waals surface area contributed by atoms with Crippen LogP contribution < -0.4 is 5.73 Å². The molecule has 2 N–H and O–H groups in total. The molecule has 13 heavy (non-hydrogen) atoms. The minimum absolute atomic E-state index is 0.276. The molecule has 1 rings (SSSR count). The highest BCUT2D eigenvalue weighted by molar-refractivity contribution is 5.11. The van der Waals surface area contributed by atoms with Gasteiger partial charge in [0.1, 0.15) is 6.73 Å². The molecule has 0 aliphatic carbocycles. The summed E-state index contributed by atoms with van der Waals surface area (Å²) in [6.45, 7) is 2.72. The van der Waals surface area contributed by atoms with Crippen LogP contribution in [0.15, 0.2) is 18.5 Å². The number of nitrogens with zero attached hydrogens (tertiary/aromatic N) is 1. The lowest BCUT2D eigenvalue weighted by molar-refractivity contribution is 0.131. The molecule has 0 spiro atoms. The van der Waals surface area contributed by atoms with Crippen LogP contribution in [0.4, 0.5) is 0 Å². The van der Waals surface area contributed by atoms with Gasteiger partial charge in [-0.3, -0.25) is 0 Å². The fraction of sp³-hybridized carbons (Fsp3) is 0.600. The molecule has 74 valence electrons. The van der Waals surface area contributed by atoms with E-state index in [1.165, 1.54) is 5.56 Å². The molecule has 3 nitrogen and oxygen atoms in total. The third-order valence-corrected chi connectivity index (χ3v) is 2.11. The van der Waals surface area contributed by atoms with Gasteiger partial charge in [0.25, 0.3) is 0 Å². The Bertz CT molecular complexity index is 245. The smallest absolute Gasteiger partial charge is 0.121 e. The van der Waals surface area contributed by atoms with Crippen molar-refractivity contribution in [2.45, 2.75) is 32.5 Å². The van der Waals surface area contributed by atoms with Crippen LogP contribution in [0.2, 0.25) is 0 Å². The van der Waals surface area contributed by atoms with Gasteiger partial charge in [0.2, 0.25) is 0 Å². The summed E-state index contributed by atoms with van der Waals surface area (Å²) in [7, 11) is 1.69. The monoisotopic (exact) mass is 182 g/mol. The molecule has 0 radical (unpaired) electrons. The zero-order chi connectivity index (χ0) is 9.68. The summed E-state index contributed by atoms with van der Waals surface area (Å²) in [5.74, 6) is 0. The average Bonchev–Trinajstić information content (AvgIpc) is 2.53.